The van der Waals surface area contributed by atoms with Gasteiger partial charge >= 0.3 is 0 Å². The van der Waals surface area contributed by atoms with Gasteiger partial charge in [-0.2, -0.15) is 0 Å². The Morgan fingerprint density at radius 2 is 1.96 bits per heavy atom. The molecule has 0 unspecified atom stereocenters. The lowest BCUT2D eigenvalue weighted by molar-refractivity contribution is -0.137. The van der Waals surface area contributed by atoms with Crippen molar-refractivity contribution >= 4 is 5.91 Å². The average molecular weight is 314 g/mol. The monoisotopic (exact) mass is 314 g/mol. The number of aryl methyl sites for hydroxylation is 1. The highest BCUT2D eigenvalue weighted by atomic mass is 16.2. The van der Waals surface area contributed by atoms with Crippen LogP contribution in [-0.2, 0) is 11.3 Å². The van der Waals surface area contributed by atoms with E-state index in [1.807, 2.05) is 23.3 Å². The lowest BCUT2D eigenvalue weighted by Crippen LogP contribution is -2.43. The second-order valence-electron chi connectivity index (χ2n) is 6.33. The molecule has 1 atom stereocenters. The van der Waals surface area contributed by atoms with E-state index < -0.39 is 0 Å². The zero-order chi connectivity index (χ0) is 16.6. The molecule has 0 saturated carbocycles. The van der Waals surface area contributed by atoms with Gasteiger partial charge in [0.05, 0.1) is 12.1 Å². The van der Waals surface area contributed by atoms with E-state index in [1.54, 1.807) is 12.4 Å². The molecule has 122 valence electrons. The van der Waals surface area contributed by atoms with Crippen LogP contribution in [0.3, 0.4) is 0 Å². The van der Waals surface area contributed by atoms with Crippen LogP contribution < -0.4 is 0 Å². The second kappa shape index (κ2) is 6.06. The van der Waals surface area contributed by atoms with E-state index in [0.29, 0.717) is 30.7 Å². The molecule has 0 radical (unpaired) electrons. The summed E-state index contributed by atoms with van der Waals surface area (Å²) in [5.41, 5.74) is 0.792. The maximum absolute atomic E-state index is 12.8. The topological polar surface area (TPSA) is 76.8 Å². The predicted octanol–water partition coefficient (Wildman–Crippen LogP) is 1.99. The zero-order valence-corrected chi connectivity index (χ0v) is 14.0. The summed E-state index contributed by atoms with van der Waals surface area (Å²) in [6.07, 6.45) is 4.24. The van der Waals surface area contributed by atoms with Crippen molar-refractivity contribution in [3.8, 4) is 11.4 Å². The molecule has 0 spiro atoms. The number of carbonyl (C=O) groups is 1. The Kier molecular flexibility index (Phi) is 4.11. The number of rotatable bonds is 4. The molecule has 0 bridgehead atoms. The third-order valence-corrected chi connectivity index (χ3v) is 4.12. The average Bonchev–Trinajstić information content (AvgIpc) is 2.94. The van der Waals surface area contributed by atoms with Crippen molar-refractivity contribution in [1.29, 1.82) is 0 Å². The Balaban J connectivity index is 2.08. The third-order valence-electron chi connectivity index (χ3n) is 4.12. The Bertz CT molecular complexity index is 706. The number of hydrogen-bond donors (Lipinski definition) is 0. The van der Waals surface area contributed by atoms with E-state index in [-0.39, 0.29) is 11.9 Å². The number of likely N-dealkylation sites (N-methyl/N-ethyl adjacent to an activating group) is 1. The molecule has 2 aromatic heterocycles. The molecule has 1 amide bonds. The van der Waals surface area contributed by atoms with Crippen molar-refractivity contribution in [2.75, 3.05) is 6.54 Å². The van der Waals surface area contributed by atoms with E-state index in [9.17, 15) is 4.79 Å². The molecule has 0 aromatic carbocycles. The summed E-state index contributed by atoms with van der Waals surface area (Å²) < 4.78 is 1.97. The fourth-order valence-electron chi connectivity index (χ4n) is 2.95. The fraction of sp³-hybridized carbons (Fsp3) is 0.562. The van der Waals surface area contributed by atoms with Gasteiger partial charge in [0.15, 0.2) is 11.6 Å². The molecular weight excluding hydrogens is 292 g/mol. The van der Waals surface area contributed by atoms with Crippen LogP contribution in [0.4, 0.5) is 0 Å². The van der Waals surface area contributed by atoms with Gasteiger partial charge in [-0.1, -0.05) is 13.8 Å². The first-order valence-electron chi connectivity index (χ1n) is 8.02. The first kappa shape index (κ1) is 15.6. The molecule has 0 N–H and O–H groups in total. The molecule has 1 aliphatic rings. The number of aromatic nitrogens is 5. The zero-order valence-electron chi connectivity index (χ0n) is 14.0. The molecule has 23 heavy (non-hydrogen) atoms. The van der Waals surface area contributed by atoms with Crippen molar-refractivity contribution in [1.82, 2.24) is 29.6 Å². The van der Waals surface area contributed by atoms with Crippen LogP contribution >= 0.6 is 0 Å². The van der Waals surface area contributed by atoms with Gasteiger partial charge in [0, 0.05) is 18.9 Å². The lowest BCUT2D eigenvalue weighted by atomic mass is 10.00. The quantitative estimate of drug-likeness (QED) is 0.862. The lowest BCUT2D eigenvalue weighted by Gasteiger charge is -2.34. The van der Waals surface area contributed by atoms with Gasteiger partial charge in [0.2, 0.25) is 5.91 Å². The van der Waals surface area contributed by atoms with E-state index in [0.717, 1.165) is 17.8 Å². The Labute approximate surface area is 135 Å². The van der Waals surface area contributed by atoms with Gasteiger partial charge in [0.1, 0.15) is 11.9 Å². The first-order valence-corrected chi connectivity index (χ1v) is 8.02. The summed E-state index contributed by atoms with van der Waals surface area (Å²) in [7, 11) is 0. The summed E-state index contributed by atoms with van der Waals surface area (Å²) in [6.45, 7) is 9.26. The van der Waals surface area contributed by atoms with Crippen LogP contribution in [0.25, 0.3) is 11.4 Å². The van der Waals surface area contributed by atoms with Crippen molar-refractivity contribution in [2.45, 2.75) is 46.7 Å². The standard InChI is InChI=1S/C16H22N6O/c1-5-21-9-14-19-20-15(12-7-17-11(4)18-8-12)22(14)13(16(21)23)6-10(2)3/h7-8,10,13H,5-6,9H2,1-4H3/t13-/m0/s1. The molecule has 0 saturated heterocycles. The van der Waals surface area contributed by atoms with Gasteiger partial charge in [-0.3, -0.25) is 9.36 Å². The van der Waals surface area contributed by atoms with Crippen molar-refractivity contribution in [2.24, 2.45) is 5.92 Å². The van der Waals surface area contributed by atoms with Crippen LogP contribution in [0.5, 0.6) is 0 Å². The maximum Gasteiger partial charge on any atom is 0.246 e. The molecule has 7 heteroatoms. The molecule has 2 aromatic rings. The highest BCUT2D eigenvalue weighted by Gasteiger charge is 2.36. The van der Waals surface area contributed by atoms with Crippen LogP contribution in [0, 0.1) is 12.8 Å². The third kappa shape index (κ3) is 2.83. The van der Waals surface area contributed by atoms with Crippen LogP contribution in [-0.4, -0.2) is 42.1 Å². The SMILES string of the molecule is CCN1Cc2nnc(-c3cnc(C)nc3)n2[C@@H](CC(C)C)C1=O. The Morgan fingerprint density at radius 3 is 2.57 bits per heavy atom. The number of nitrogens with zero attached hydrogens (tertiary/aromatic N) is 6. The highest BCUT2D eigenvalue weighted by molar-refractivity contribution is 5.82. The van der Waals surface area contributed by atoms with Crippen LogP contribution in [0.15, 0.2) is 12.4 Å². The minimum Gasteiger partial charge on any atom is -0.334 e. The predicted molar refractivity (Wildman–Crippen MR) is 85.4 cm³/mol. The molecular formula is C16H22N6O. The summed E-state index contributed by atoms with van der Waals surface area (Å²) in [5.74, 6) is 2.75. The van der Waals surface area contributed by atoms with Gasteiger partial charge in [-0.15, -0.1) is 10.2 Å². The Hall–Kier alpha value is -2.31. The summed E-state index contributed by atoms with van der Waals surface area (Å²) in [5, 5.41) is 8.62. The molecule has 0 fully saturated rings. The van der Waals surface area contributed by atoms with Crippen LogP contribution in [0.1, 0.15) is 44.9 Å². The number of amides is 1. The van der Waals surface area contributed by atoms with E-state index in [2.05, 4.69) is 34.0 Å². The normalized spacial score (nSPS) is 17.7. The molecule has 0 aliphatic carbocycles. The van der Waals surface area contributed by atoms with E-state index >= 15 is 0 Å². The fourth-order valence-corrected chi connectivity index (χ4v) is 2.95. The molecule has 3 rings (SSSR count). The molecule has 7 nitrogen and oxygen atoms in total. The van der Waals surface area contributed by atoms with Gasteiger partial charge < -0.3 is 4.90 Å². The number of carbonyl (C=O) groups excluding carboxylic acids is 1. The van der Waals surface area contributed by atoms with Crippen LogP contribution in [0.2, 0.25) is 0 Å². The van der Waals surface area contributed by atoms with Crippen molar-refractivity contribution < 1.29 is 4.79 Å². The highest BCUT2D eigenvalue weighted by Crippen LogP contribution is 2.31. The van der Waals surface area contributed by atoms with Gasteiger partial charge in [-0.05, 0) is 26.2 Å². The summed E-state index contributed by atoms with van der Waals surface area (Å²) >= 11 is 0. The Morgan fingerprint density at radius 1 is 1.26 bits per heavy atom. The maximum atomic E-state index is 12.8. The molecule has 1 aliphatic heterocycles. The first-order chi connectivity index (χ1) is 11.0. The smallest absolute Gasteiger partial charge is 0.246 e. The van der Waals surface area contributed by atoms with Gasteiger partial charge in [0.25, 0.3) is 0 Å². The number of fused-ring (bicyclic) bond motifs is 1. The van der Waals surface area contributed by atoms with Crippen molar-refractivity contribution in [3.63, 3.8) is 0 Å². The minimum absolute atomic E-state index is 0.141. The number of hydrogen-bond acceptors (Lipinski definition) is 5. The summed E-state index contributed by atoms with van der Waals surface area (Å²) in [4.78, 5) is 23.1. The van der Waals surface area contributed by atoms with E-state index in [1.165, 1.54) is 0 Å². The van der Waals surface area contributed by atoms with E-state index in [4.69, 9.17) is 0 Å². The van der Waals surface area contributed by atoms with Gasteiger partial charge in [-0.25, -0.2) is 9.97 Å². The second-order valence-corrected chi connectivity index (χ2v) is 6.33. The minimum atomic E-state index is -0.259. The largest absolute Gasteiger partial charge is 0.334 e. The van der Waals surface area contributed by atoms with Crippen molar-refractivity contribution in [3.05, 3.63) is 24.0 Å². The molecule has 3 heterocycles. The summed E-state index contributed by atoms with van der Waals surface area (Å²) in [6, 6.07) is -0.259.